The fourth-order valence-electron chi connectivity index (χ4n) is 1.45. The number of anilines is 1. The van der Waals surface area contributed by atoms with Gasteiger partial charge in [0, 0.05) is 22.6 Å². The number of nitrogens with zero attached hydrogens (tertiary/aromatic N) is 1. The molecular weight excluding hydrogens is 280 g/mol. The number of halogens is 1. The first kappa shape index (κ1) is 11.8. The predicted octanol–water partition coefficient (Wildman–Crippen LogP) is 3.40. The summed E-state index contributed by atoms with van der Waals surface area (Å²) in [7, 11) is 0. The lowest BCUT2D eigenvalue weighted by molar-refractivity contribution is 0.102. The number of amides is 1. The number of carbonyl (C=O) groups excluding carboxylic acids is 1. The molecule has 1 aromatic heterocycles. The smallest absolute Gasteiger partial charge is 0.256 e. The summed E-state index contributed by atoms with van der Waals surface area (Å²) in [6.07, 6.45) is 3.28. The lowest BCUT2D eigenvalue weighted by Gasteiger charge is -2.07. The molecule has 0 aliphatic carbocycles. The summed E-state index contributed by atoms with van der Waals surface area (Å²) in [6, 6.07) is 9.17. The Hall–Kier alpha value is -1.68. The molecule has 0 radical (unpaired) electrons. The van der Waals surface area contributed by atoms with Gasteiger partial charge in [-0.15, -0.1) is 0 Å². The van der Waals surface area contributed by atoms with E-state index in [1.54, 1.807) is 24.5 Å². The minimum absolute atomic E-state index is 0.133. The van der Waals surface area contributed by atoms with Crippen LogP contribution in [-0.4, -0.2) is 10.9 Å². The molecule has 3 nitrogen and oxygen atoms in total. The van der Waals surface area contributed by atoms with Gasteiger partial charge in [0.05, 0.1) is 5.56 Å². The van der Waals surface area contributed by atoms with Crippen LogP contribution in [0.15, 0.2) is 47.2 Å². The highest BCUT2D eigenvalue weighted by Crippen LogP contribution is 2.19. The largest absolute Gasteiger partial charge is 0.322 e. The summed E-state index contributed by atoms with van der Waals surface area (Å²) < 4.78 is 0.787. The van der Waals surface area contributed by atoms with Gasteiger partial charge in [-0.3, -0.25) is 9.78 Å². The number of rotatable bonds is 2. The molecule has 4 heteroatoms. The average Bonchev–Trinajstić information content (AvgIpc) is 2.33. The second kappa shape index (κ2) is 5.10. The van der Waals surface area contributed by atoms with E-state index in [2.05, 4.69) is 26.2 Å². The number of hydrogen-bond donors (Lipinski definition) is 1. The van der Waals surface area contributed by atoms with Crippen molar-refractivity contribution in [2.24, 2.45) is 0 Å². The van der Waals surface area contributed by atoms with Crippen LogP contribution in [0.5, 0.6) is 0 Å². The quantitative estimate of drug-likeness (QED) is 0.921. The summed E-state index contributed by atoms with van der Waals surface area (Å²) >= 11 is 3.37. The molecule has 0 aliphatic rings. The molecule has 0 saturated heterocycles. The van der Waals surface area contributed by atoms with Crippen molar-refractivity contribution in [3.05, 3.63) is 58.3 Å². The summed E-state index contributed by atoms with van der Waals surface area (Å²) in [5.74, 6) is -0.133. The lowest BCUT2D eigenvalue weighted by Crippen LogP contribution is -2.12. The van der Waals surface area contributed by atoms with Gasteiger partial charge in [-0.2, -0.15) is 0 Å². The monoisotopic (exact) mass is 290 g/mol. The molecule has 1 amide bonds. The molecule has 0 saturated carbocycles. The summed E-state index contributed by atoms with van der Waals surface area (Å²) in [4.78, 5) is 15.9. The molecule has 1 aromatic carbocycles. The van der Waals surface area contributed by atoms with Crippen molar-refractivity contribution in [1.29, 1.82) is 0 Å². The third-order valence-corrected chi connectivity index (χ3v) is 3.00. The fourth-order valence-corrected chi connectivity index (χ4v) is 1.87. The van der Waals surface area contributed by atoms with E-state index in [9.17, 15) is 4.79 Å². The zero-order valence-corrected chi connectivity index (χ0v) is 10.9. The van der Waals surface area contributed by atoms with Crippen LogP contribution in [0.25, 0.3) is 0 Å². The third-order valence-electron chi connectivity index (χ3n) is 2.30. The maximum Gasteiger partial charge on any atom is 0.256 e. The predicted molar refractivity (Wildman–Crippen MR) is 71.1 cm³/mol. The van der Waals surface area contributed by atoms with Crippen molar-refractivity contribution in [2.45, 2.75) is 6.92 Å². The molecule has 0 bridgehead atoms. The van der Waals surface area contributed by atoms with Crippen molar-refractivity contribution < 1.29 is 4.79 Å². The minimum Gasteiger partial charge on any atom is -0.322 e. The molecule has 86 valence electrons. The minimum atomic E-state index is -0.133. The van der Waals surface area contributed by atoms with E-state index >= 15 is 0 Å². The van der Waals surface area contributed by atoms with E-state index in [1.165, 1.54) is 0 Å². The van der Waals surface area contributed by atoms with Gasteiger partial charge in [-0.25, -0.2) is 0 Å². The lowest BCUT2D eigenvalue weighted by atomic mass is 10.1. The van der Waals surface area contributed by atoms with Gasteiger partial charge in [0.25, 0.3) is 5.91 Å². The average molecular weight is 291 g/mol. The molecule has 0 spiro atoms. The van der Waals surface area contributed by atoms with Gasteiger partial charge in [-0.05, 0) is 47.1 Å². The second-order valence-corrected chi connectivity index (χ2v) is 4.53. The standard InChI is InChI=1S/C13H11BrN2O/c1-9-2-3-12(14)11(8-9)13(17)16-10-4-6-15-7-5-10/h2-8H,1H3,(H,15,16,17). The molecule has 0 atom stereocenters. The molecule has 2 rings (SSSR count). The first-order chi connectivity index (χ1) is 8.16. The molecule has 1 N–H and O–H groups in total. The Balaban J connectivity index is 2.23. The number of hydrogen-bond acceptors (Lipinski definition) is 2. The number of benzene rings is 1. The van der Waals surface area contributed by atoms with Gasteiger partial charge in [-0.1, -0.05) is 11.6 Å². The maximum atomic E-state index is 12.0. The Kier molecular flexibility index (Phi) is 3.54. The highest BCUT2D eigenvalue weighted by atomic mass is 79.9. The third kappa shape index (κ3) is 2.91. The summed E-state index contributed by atoms with van der Waals surface area (Å²) in [6.45, 7) is 1.95. The van der Waals surface area contributed by atoms with Crippen LogP contribution in [0.4, 0.5) is 5.69 Å². The Labute approximate surface area is 108 Å². The number of nitrogens with one attached hydrogen (secondary N) is 1. The number of aromatic nitrogens is 1. The SMILES string of the molecule is Cc1ccc(Br)c(C(=O)Nc2ccncc2)c1. The maximum absolute atomic E-state index is 12.0. The number of pyridine rings is 1. The second-order valence-electron chi connectivity index (χ2n) is 3.67. The van der Waals surface area contributed by atoms with Crippen LogP contribution in [0.2, 0.25) is 0 Å². The normalized spacial score (nSPS) is 10.0. The van der Waals surface area contributed by atoms with Crippen molar-refractivity contribution in [2.75, 3.05) is 5.32 Å². The number of carbonyl (C=O) groups is 1. The van der Waals surface area contributed by atoms with E-state index in [0.717, 1.165) is 15.7 Å². The van der Waals surface area contributed by atoms with Crippen molar-refractivity contribution in [3.63, 3.8) is 0 Å². The molecule has 0 fully saturated rings. The van der Waals surface area contributed by atoms with Crippen molar-refractivity contribution >= 4 is 27.5 Å². The molecule has 17 heavy (non-hydrogen) atoms. The van der Waals surface area contributed by atoms with Crippen LogP contribution in [0.3, 0.4) is 0 Å². The molecule has 2 aromatic rings. The molecule has 0 aliphatic heterocycles. The van der Waals surface area contributed by atoms with E-state index in [4.69, 9.17) is 0 Å². The van der Waals surface area contributed by atoms with Gasteiger partial charge in [0.15, 0.2) is 0 Å². The van der Waals surface area contributed by atoms with Crippen LogP contribution in [-0.2, 0) is 0 Å². The molecule has 0 unspecified atom stereocenters. The summed E-state index contributed by atoms with van der Waals surface area (Å²) in [5.41, 5.74) is 2.41. The van der Waals surface area contributed by atoms with Gasteiger partial charge < -0.3 is 5.32 Å². The van der Waals surface area contributed by atoms with Gasteiger partial charge in [0.1, 0.15) is 0 Å². The zero-order chi connectivity index (χ0) is 12.3. The van der Waals surface area contributed by atoms with Crippen LogP contribution in [0.1, 0.15) is 15.9 Å². The zero-order valence-electron chi connectivity index (χ0n) is 9.27. The highest BCUT2D eigenvalue weighted by molar-refractivity contribution is 9.10. The van der Waals surface area contributed by atoms with Crippen molar-refractivity contribution in [3.8, 4) is 0 Å². The van der Waals surface area contributed by atoms with Crippen molar-refractivity contribution in [1.82, 2.24) is 4.98 Å². The number of aryl methyl sites for hydroxylation is 1. The summed E-state index contributed by atoms with van der Waals surface area (Å²) in [5, 5.41) is 2.82. The highest BCUT2D eigenvalue weighted by Gasteiger charge is 2.10. The van der Waals surface area contributed by atoms with Gasteiger partial charge in [0.2, 0.25) is 0 Å². The van der Waals surface area contributed by atoms with E-state index < -0.39 is 0 Å². The van der Waals surface area contributed by atoms with Gasteiger partial charge >= 0.3 is 0 Å². The molecular formula is C13H11BrN2O. The van der Waals surface area contributed by atoms with E-state index in [1.807, 2.05) is 25.1 Å². The fraction of sp³-hybridized carbons (Fsp3) is 0.0769. The van der Waals surface area contributed by atoms with Crippen LogP contribution in [0, 0.1) is 6.92 Å². The van der Waals surface area contributed by atoms with E-state index in [-0.39, 0.29) is 5.91 Å². The Morgan fingerprint density at radius 1 is 1.24 bits per heavy atom. The van der Waals surface area contributed by atoms with Crippen LogP contribution >= 0.6 is 15.9 Å². The molecule has 1 heterocycles. The first-order valence-corrected chi connectivity index (χ1v) is 5.93. The van der Waals surface area contributed by atoms with E-state index in [0.29, 0.717) is 5.56 Å². The Bertz CT molecular complexity index is 540. The Morgan fingerprint density at radius 3 is 2.65 bits per heavy atom. The van der Waals surface area contributed by atoms with Crippen LogP contribution < -0.4 is 5.32 Å². The topological polar surface area (TPSA) is 42.0 Å². The first-order valence-electron chi connectivity index (χ1n) is 5.14. The Morgan fingerprint density at radius 2 is 1.94 bits per heavy atom.